The fourth-order valence-electron chi connectivity index (χ4n) is 1.92. The van der Waals surface area contributed by atoms with E-state index in [4.69, 9.17) is 0 Å². The van der Waals surface area contributed by atoms with Crippen LogP contribution in [0.25, 0.3) is 0 Å². The number of thioether (sulfide) groups is 1. The Morgan fingerprint density at radius 3 is 2.74 bits per heavy atom. The Balaban J connectivity index is 2.98. The van der Waals surface area contributed by atoms with Crippen LogP contribution < -0.4 is 5.32 Å². The lowest BCUT2D eigenvalue weighted by molar-refractivity contribution is 0.0758. The number of benzene rings is 1. The van der Waals surface area contributed by atoms with Crippen LogP contribution >= 0.6 is 11.8 Å². The van der Waals surface area contributed by atoms with Gasteiger partial charge in [-0.3, -0.25) is 4.79 Å². The number of amides is 1. The summed E-state index contributed by atoms with van der Waals surface area (Å²) in [5.74, 6) is 1.03. The van der Waals surface area contributed by atoms with Crippen molar-refractivity contribution in [2.45, 2.75) is 26.8 Å². The maximum absolute atomic E-state index is 12.5. The van der Waals surface area contributed by atoms with Crippen molar-refractivity contribution in [1.82, 2.24) is 4.90 Å². The summed E-state index contributed by atoms with van der Waals surface area (Å²) in [7, 11) is 1.87. The van der Waals surface area contributed by atoms with Gasteiger partial charge in [0.2, 0.25) is 0 Å². The van der Waals surface area contributed by atoms with Gasteiger partial charge in [0, 0.05) is 31.1 Å². The molecule has 4 heteroatoms. The summed E-state index contributed by atoms with van der Waals surface area (Å²) in [5.41, 5.74) is 2.84. The molecule has 106 valence electrons. The second kappa shape index (κ2) is 7.43. The standard InChI is InChI=1S/C15H24N2OS/c1-6-16-14-9-11(2)7-8-13(14)15(18)17(4)12(3)10-19-5/h7-9,12,16H,6,10H2,1-5H3. The highest BCUT2D eigenvalue weighted by Crippen LogP contribution is 2.20. The molecule has 0 aromatic heterocycles. The molecule has 0 aliphatic carbocycles. The van der Waals surface area contributed by atoms with E-state index in [1.807, 2.05) is 44.0 Å². The van der Waals surface area contributed by atoms with Gasteiger partial charge in [-0.25, -0.2) is 0 Å². The molecule has 19 heavy (non-hydrogen) atoms. The molecular weight excluding hydrogens is 256 g/mol. The summed E-state index contributed by atoms with van der Waals surface area (Å²) in [6.07, 6.45) is 2.06. The zero-order chi connectivity index (χ0) is 14.4. The third-order valence-corrected chi connectivity index (χ3v) is 3.98. The Hall–Kier alpha value is -1.16. The highest BCUT2D eigenvalue weighted by Gasteiger charge is 2.19. The van der Waals surface area contributed by atoms with Crippen LogP contribution in [-0.2, 0) is 0 Å². The second-order valence-electron chi connectivity index (χ2n) is 4.80. The third-order valence-electron chi connectivity index (χ3n) is 3.16. The number of nitrogens with one attached hydrogen (secondary N) is 1. The molecule has 0 aliphatic rings. The van der Waals surface area contributed by atoms with E-state index < -0.39 is 0 Å². The van der Waals surface area contributed by atoms with E-state index in [9.17, 15) is 4.79 Å². The predicted molar refractivity (Wildman–Crippen MR) is 85.3 cm³/mol. The van der Waals surface area contributed by atoms with E-state index in [1.54, 1.807) is 11.8 Å². The largest absolute Gasteiger partial charge is 0.385 e. The minimum absolute atomic E-state index is 0.0810. The van der Waals surface area contributed by atoms with Gasteiger partial charge in [-0.15, -0.1) is 0 Å². The van der Waals surface area contributed by atoms with Crippen molar-refractivity contribution in [3.8, 4) is 0 Å². The van der Waals surface area contributed by atoms with Gasteiger partial charge in [-0.05, 0) is 44.7 Å². The van der Waals surface area contributed by atoms with Crippen molar-refractivity contribution in [2.75, 3.05) is 30.9 Å². The van der Waals surface area contributed by atoms with E-state index in [0.717, 1.165) is 29.1 Å². The number of anilines is 1. The maximum atomic E-state index is 12.5. The Labute approximate surface area is 120 Å². The van der Waals surface area contributed by atoms with E-state index in [0.29, 0.717) is 0 Å². The summed E-state index contributed by atoms with van der Waals surface area (Å²) in [5, 5.41) is 3.27. The van der Waals surface area contributed by atoms with Crippen LogP contribution in [0.2, 0.25) is 0 Å². The molecule has 0 spiro atoms. The Kier molecular flexibility index (Phi) is 6.22. The molecule has 0 aliphatic heterocycles. The minimum atomic E-state index is 0.0810. The molecule has 0 heterocycles. The van der Waals surface area contributed by atoms with Gasteiger partial charge in [-0.1, -0.05) is 6.07 Å². The zero-order valence-electron chi connectivity index (χ0n) is 12.5. The van der Waals surface area contributed by atoms with Gasteiger partial charge in [0.15, 0.2) is 0 Å². The highest BCUT2D eigenvalue weighted by atomic mass is 32.2. The normalized spacial score (nSPS) is 12.1. The zero-order valence-corrected chi connectivity index (χ0v) is 13.3. The lowest BCUT2D eigenvalue weighted by atomic mass is 10.1. The van der Waals surface area contributed by atoms with Gasteiger partial charge in [0.25, 0.3) is 5.91 Å². The number of carbonyl (C=O) groups excluding carboxylic acids is 1. The molecule has 1 aromatic rings. The van der Waals surface area contributed by atoms with Gasteiger partial charge >= 0.3 is 0 Å². The van der Waals surface area contributed by atoms with Crippen molar-refractivity contribution in [3.05, 3.63) is 29.3 Å². The number of nitrogens with zero attached hydrogens (tertiary/aromatic N) is 1. The molecule has 3 nitrogen and oxygen atoms in total. The lowest BCUT2D eigenvalue weighted by Gasteiger charge is -2.25. The SMILES string of the molecule is CCNc1cc(C)ccc1C(=O)N(C)C(C)CSC. The van der Waals surface area contributed by atoms with Gasteiger partial charge < -0.3 is 10.2 Å². The average molecular weight is 280 g/mol. The fraction of sp³-hybridized carbons (Fsp3) is 0.533. The van der Waals surface area contributed by atoms with Gasteiger partial charge in [0.1, 0.15) is 0 Å². The third kappa shape index (κ3) is 4.16. The Morgan fingerprint density at radius 1 is 1.47 bits per heavy atom. The molecular formula is C15H24N2OS. The summed E-state index contributed by atoms with van der Waals surface area (Å²) >= 11 is 1.76. The Morgan fingerprint density at radius 2 is 2.16 bits per heavy atom. The summed E-state index contributed by atoms with van der Waals surface area (Å²) in [6, 6.07) is 6.17. The van der Waals surface area contributed by atoms with Crippen LogP contribution in [0.15, 0.2) is 18.2 Å². The molecule has 0 fully saturated rings. The first-order valence-electron chi connectivity index (χ1n) is 6.61. The van der Waals surface area contributed by atoms with Gasteiger partial charge in [-0.2, -0.15) is 11.8 Å². The van der Waals surface area contributed by atoms with Gasteiger partial charge in [0.05, 0.1) is 5.56 Å². The molecule has 1 unspecified atom stereocenters. The molecule has 1 rings (SSSR count). The van der Waals surface area contributed by atoms with Crippen LogP contribution in [0.3, 0.4) is 0 Å². The predicted octanol–water partition coefficient (Wildman–Crippen LogP) is 3.25. The van der Waals surface area contributed by atoms with E-state index in [2.05, 4.69) is 18.5 Å². The van der Waals surface area contributed by atoms with E-state index in [-0.39, 0.29) is 11.9 Å². The molecule has 1 atom stereocenters. The molecule has 0 saturated heterocycles. The molecule has 1 aromatic carbocycles. The van der Waals surface area contributed by atoms with Crippen molar-refractivity contribution in [1.29, 1.82) is 0 Å². The van der Waals surface area contributed by atoms with E-state index >= 15 is 0 Å². The minimum Gasteiger partial charge on any atom is -0.385 e. The molecule has 1 amide bonds. The number of rotatable bonds is 6. The average Bonchev–Trinajstić information content (AvgIpc) is 2.38. The quantitative estimate of drug-likeness (QED) is 0.868. The fourth-order valence-corrected chi connectivity index (χ4v) is 2.63. The summed E-state index contributed by atoms with van der Waals surface area (Å²) < 4.78 is 0. The van der Waals surface area contributed by atoms with Crippen LogP contribution in [0, 0.1) is 6.92 Å². The number of hydrogen-bond donors (Lipinski definition) is 1. The van der Waals surface area contributed by atoms with Crippen molar-refractivity contribution >= 4 is 23.4 Å². The van der Waals surface area contributed by atoms with Crippen LogP contribution in [-0.4, -0.2) is 42.4 Å². The molecule has 0 radical (unpaired) electrons. The first kappa shape index (κ1) is 15.9. The van der Waals surface area contributed by atoms with Crippen LogP contribution in [0.4, 0.5) is 5.69 Å². The summed E-state index contributed by atoms with van der Waals surface area (Å²) in [6.45, 7) is 6.97. The van der Waals surface area contributed by atoms with Crippen LogP contribution in [0.1, 0.15) is 29.8 Å². The smallest absolute Gasteiger partial charge is 0.255 e. The lowest BCUT2D eigenvalue weighted by Crippen LogP contribution is -2.37. The molecule has 0 bridgehead atoms. The van der Waals surface area contributed by atoms with Crippen molar-refractivity contribution in [3.63, 3.8) is 0 Å². The monoisotopic (exact) mass is 280 g/mol. The topological polar surface area (TPSA) is 32.3 Å². The molecule has 0 saturated carbocycles. The maximum Gasteiger partial charge on any atom is 0.255 e. The molecule has 1 N–H and O–H groups in total. The van der Waals surface area contributed by atoms with Crippen LogP contribution in [0.5, 0.6) is 0 Å². The first-order chi connectivity index (χ1) is 9.01. The highest BCUT2D eigenvalue weighted by molar-refractivity contribution is 7.98. The van der Waals surface area contributed by atoms with Crippen molar-refractivity contribution < 1.29 is 4.79 Å². The van der Waals surface area contributed by atoms with E-state index in [1.165, 1.54) is 0 Å². The first-order valence-corrected chi connectivity index (χ1v) is 8.01. The van der Waals surface area contributed by atoms with Crippen molar-refractivity contribution in [2.24, 2.45) is 0 Å². The summed E-state index contributed by atoms with van der Waals surface area (Å²) in [4.78, 5) is 14.4. The Bertz CT molecular complexity index is 434. The number of carbonyl (C=O) groups is 1. The second-order valence-corrected chi connectivity index (χ2v) is 5.71. The number of hydrogen-bond acceptors (Lipinski definition) is 3. The number of aryl methyl sites for hydroxylation is 1.